The van der Waals surface area contributed by atoms with E-state index in [1.165, 1.54) is 37.4 Å². The number of ether oxygens (including phenoxy) is 2. The number of halogens is 1. The van der Waals surface area contributed by atoms with Gasteiger partial charge in [0, 0.05) is 29.6 Å². The molecule has 0 radical (unpaired) electrons. The average Bonchev–Trinajstić information content (AvgIpc) is 3.01. The van der Waals surface area contributed by atoms with Gasteiger partial charge in [-0.2, -0.15) is 0 Å². The molecule has 0 aliphatic rings. The SMILES string of the molecule is COc1ccc([N+](=O)[O-])cc1OCC(=O)c1cc(C)n(Cc2ccc(F)cc2)c1C. The number of benzene rings is 2. The van der Waals surface area contributed by atoms with Crippen LogP contribution in [0.1, 0.15) is 27.3 Å². The number of nitrogens with zero attached hydrogens (tertiary/aromatic N) is 2. The molecule has 0 unspecified atom stereocenters. The molecule has 3 rings (SSSR count). The van der Waals surface area contributed by atoms with Gasteiger partial charge >= 0.3 is 0 Å². The Kier molecular flexibility index (Phi) is 6.15. The molecule has 2 aromatic carbocycles. The van der Waals surface area contributed by atoms with Crippen molar-refractivity contribution in [3.05, 3.63) is 87.0 Å². The molecule has 1 aromatic heterocycles. The number of nitro benzene ring substituents is 1. The van der Waals surface area contributed by atoms with Gasteiger partial charge in [0.25, 0.3) is 5.69 Å². The van der Waals surface area contributed by atoms with Gasteiger partial charge in [-0.1, -0.05) is 12.1 Å². The number of rotatable bonds is 8. The molecular weight excluding hydrogens is 391 g/mol. The predicted octanol–water partition coefficient (Wildman–Crippen LogP) is 4.47. The smallest absolute Gasteiger partial charge is 0.273 e. The van der Waals surface area contributed by atoms with Crippen molar-refractivity contribution >= 4 is 11.5 Å². The minimum absolute atomic E-state index is 0.125. The summed E-state index contributed by atoms with van der Waals surface area (Å²) >= 11 is 0. The van der Waals surface area contributed by atoms with E-state index in [0.29, 0.717) is 17.9 Å². The number of carbonyl (C=O) groups is 1. The second kappa shape index (κ2) is 8.77. The lowest BCUT2D eigenvalue weighted by atomic mass is 10.1. The van der Waals surface area contributed by atoms with Gasteiger partial charge in [0.15, 0.2) is 18.1 Å². The Morgan fingerprint density at radius 1 is 1.10 bits per heavy atom. The number of aryl methyl sites for hydroxylation is 1. The summed E-state index contributed by atoms with van der Waals surface area (Å²) in [7, 11) is 1.42. The van der Waals surface area contributed by atoms with E-state index in [1.54, 1.807) is 18.2 Å². The zero-order chi connectivity index (χ0) is 21.8. The molecule has 0 aliphatic heterocycles. The van der Waals surface area contributed by atoms with Crippen LogP contribution >= 0.6 is 0 Å². The Morgan fingerprint density at radius 2 is 1.80 bits per heavy atom. The van der Waals surface area contributed by atoms with Crippen LogP contribution in [0.3, 0.4) is 0 Å². The Bertz CT molecular complexity index is 1090. The number of aromatic nitrogens is 1. The second-order valence-corrected chi connectivity index (χ2v) is 6.80. The molecule has 8 heteroatoms. The van der Waals surface area contributed by atoms with E-state index in [1.807, 2.05) is 18.4 Å². The van der Waals surface area contributed by atoms with Gasteiger partial charge in [-0.05, 0) is 43.7 Å². The lowest BCUT2D eigenvalue weighted by Gasteiger charge is -2.11. The van der Waals surface area contributed by atoms with Crippen LogP contribution in [0.4, 0.5) is 10.1 Å². The molecular formula is C22H21FN2O5. The van der Waals surface area contributed by atoms with Crippen molar-refractivity contribution in [2.24, 2.45) is 0 Å². The second-order valence-electron chi connectivity index (χ2n) is 6.80. The third-order valence-electron chi connectivity index (χ3n) is 4.84. The Labute approximate surface area is 172 Å². The van der Waals surface area contributed by atoms with E-state index in [9.17, 15) is 19.3 Å². The van der Waals surface area contributed by atoms with Crippen LogP contribution in [0.5, 0.6) is 11.5 Å². The van der Waals surface area contributed by atoms with E-state index in [0.717, 1.165) is 17.0 Å². The number of methoxy groups -OCH3 is 1. The van der Waals surface area contributed by atoms with Crippen molar-refractivity contribution in [1.29, 1.82) is 0 Å². The van der Waals surface area contributed by atoms with Crippen LogP contribution in [-0.4, -0.2) is 29.0 Å². The summed E-state index contributed by atoms with van der Waals surface area (Å²) in [5.41, 5.74) is 2.90. The Morgan fingerprint density at radius 3 is 2.43 bits per heavy atom. The van der Waals surface area contributed by atoms with Gasteiger partial charge in [-0.15, -0.1) is 0 Å². The average molecular weight is 412 g/mol. The molecule has 0 fully saturated rings. The molecule has 1 heterocycles. The Balaban J connectivity index is 1.77. The van der Waals surface area contributed by atoms with Crippen molar-refractivity contribution in [3.8, 4) is 11.5 Å². The third-order valence-corrected chi connectivity index (χ3v) is 4.84. The molecule has 30 heavy (non-hydrogen) atoms. The maximum Gasteiger partial charge on any atom is 0.273 e. The molecule has 0 aliphatic carbocycles. The van der Waals surface area contributed by atoms with Crippen LogP contribution in [0.2, 0.25) is 0 Å². The molecule has 0 amide bonds. The fourth-order valence-electron chi connectivity index (χ4n) is 3.21. The Hall–Kier alpha value is -3.68. The van der Waals surface area contributed by atoms with Crippen LogP contribution in [0, 0.1) is 29.8 Å². The molecule has 0 spiro atoms. The molecule has 7 nitrogen and oxygen atoms in total. The molecule has 0 saturated carbocycles. The lowest BCUT2D eigenvalue weighted by Crippen LogP contribution is -2.13. The quantitative estimate of drug-likeness (QED) is 0.310. The topological polar surface area (TPSA) is 83.6 Å². The van der Waals surface area contributed by atoms with Crippen LogP contribution in [0.15, 0.2) is 48.5 Å². The molecule has 3 aromatic rings. The third kappa shape index (κ3) is 4.48. The van der Waals surface area contributed by atoms with Crippen molar-refractivity contribution < 1.29 is 23.6 Å². The molecule has 0 N–H and O–H groups in total. The summed E-state index contributed by atoms with van der Waals surface area (Å²) in [5.74, 6) is -0.137. The van der Waals surface area contributed by atoms with Gasteiger partial charge in [0.05, 0.1) is 18.1 Å². The standard InChI is InChI=1S/C22H21FN2O5/c1-14-10-19(15(2)24(14)12-16-4-6-17(23)7-5-16)20(26)13-30-22-11-18(25(27)28)8-9-21(22)29-3/h4-11H,12-13H2,1-3H3. The van der Waals surface area contributed by atoms with Crippen molar-refractivity contribution in [2.45, 2.75) is 20.4 Å². The van der Waals surface area contributed by atoms with Gasteiger partial charge in [0.2, 0.25) is 5.78 Å². The van der Waals surface area contributed by atoms with Gasteiger partial charge < -0.3 is 14.0 Å². The number of Topliss-reactive ketones (excluding diaryl/α,β-unsaturated/α-hetero) is 1. The fourth-order valence-corrected chi connectivity index (χ4v) is 3.21. The molecule has 0 saturated heterocycles. The fraction of sp³-hybridized carbons (Fsp3) is 0.227. The van der Waals surface area contributed by atoms with E-state index < -0.39 is 4.92 Å². The van der Waals surface area contributed by atoms with Crippen LogP contribution in [0.25, 0.3) is 0 Å². The highest BCUT2D eigenvalue weighted by atomic mass is 19.1. The highest BCUT2D eigenvalue weighted by molar-refractivity contribution is 5.98. The van der Waals surface area contributed by atoms with Crippen molar-refractivity contribution in [3.63, 3.8) is 0 Å². The number of carbonyl (C=O) groups excluding carboxylic acids is 1. The number of ketones is 1. The molecule has 156 valence electrons. The number of nitro groups is 1. The zero-order valence-electron chi connectivity index (χ0n) is 16.8. The van der Waals surface area contributed by atoms with Crippen molar-refractivity contribution in [2.75, 3.05) is 13.7 Å². The summed E-state index contributed by atoms with van der Waals surface area (Å²) in [6.07, 6.45) is 0. The highest BCUT2D eigenvalue weighted by Crippen LogP contribution is 2.31. The largest absolute Gasteiger partial charge is 0.493 e. The normalized spacial score (nSPS) is 10.7. The number of hydrogen-bond donors (Lipinski definition) is 0. The van der Waals surface area contributed by atoms with E-state index in [2.05, 4.69) is 0 Å². The number of hydrogen-bond acceptors (Lipinski definition) is 5. The monoisotopic (exact) mass is 412 g/mol. The lowest BCUT2D eigenvalue weighted by molar-refractivity contribution is -0.385. The first-order valence-electron chi connectivity index (χ1n) is 9.19. The number of non-ortho nitro benzene ring substituents is 1. The predicted molar refractivity (Wildman–Crippen MR) is 109 cm³/mol. The summed E-state index contributed by atoms with van der Waals surface area (Å²) in [5, 5.41) is 11.0. The minimum atomic E-state index is -0.544. The summed E-state index contributed by atoms with van der Waals surface area (Å²) in [4.78, 5) is 23.2. The maximum absolute atomic E-state index is 13.1. The van der Waals surface area contributed by atoms with Crippen LogP contribution < -0.4 is 9.47 Å². The summed E-state index contributed by atoms with van der Waals surface area (Å²) < 4.78 is 25.8. The summed E-state index contributed by atoms with van der Waals surface area (Å²) in [6.45, 7) is 3.93. The first-order valence-corrected chi connectivity index (χ1v) is 9.19. The first kappa shape index (κ1) is 21.0. The van der Waals surface area contributed by atoms with Crippen molar-refractivity contribution in [1.82, 2.24) is 4.57 Å². The zero-order valence-corrected chi connectivity index (χ0v) is 16.8. The minimum Gasteiger partial charge on any atom is -0.493 e. The van der Waals surface area contributed by atoms with Gasteiger partial charge in [-0.25, -0.2) is 4.39 Å². The summed E-state index contributed by atoms with van der Waals surface area (Å²) in [6, 6.07) is 11.9. The maximum atomic E-state index is 13.1. The first-order chi connectivity index (χ1) is 14.3. The van der Waals surface area contributed by atoms with E-state index in [-0.39, 0.29) is 29.6 Å². The van der Waals surface area contributed by atoms with Gasteiger partial charge in [0.1, 0.15) is 5.82 Å². The molecule has 0 atom stereocenters. The van der Waals surface area contributed by atoms with Gasteiger partial charge in [-0.3, -0.25) is 14.9 Å². The van der Waals surface area contributed by atoms with E-state index in [4.69, 9.17) is 9.47 Å². The highest BCUT2D eigenvalue weighted by Gasteiger charge is 2.18. The van der Waals surface area contributed by atoms with E-state index >= 15 is 0 Å². The van der Waals surface area contributed by atoms with Crippen LogP contribution in [-0.2, 0) is 6.54 Å². The molecule has 0 bridgehead atoms.